The second kappa shape index (κ2) is 7.00. The topological polar surface area (TPSA) is 46.5 Å². The minimum Gasteiger partial charge on any atom is -0.421 e. The second-order valence-electron chi connectivity index (χ2n) is 3.26. The molecule has 0 amide bonds. The van der Waals surface area contributed by atoms with Crippen molar-refractivity contribution in [3.63, 3.8) is 0 Å². The van der Waals surface area contributed by atoms with Gasteiger partial charge in [0.15, 0.2) is 0 Å². The normalized spacial score (nSPS) is 12.8. The van der Waals surface area contributed by atoms with E-state index in [1.54, 1.807) is 54.6 Å². The molecule has 0 aliphatic heterocycles. The Morgan fingerprint density at radius 2 is 1.33 bits per heavy atom. The monoisotopic (exact) mass is 264 g/mol. The van der Waals surface area contributed by atoms with E-state index in [4.69, 9.17) is 4.52 Å². The zero-order valence-corrected chi connectivity index (χ0v) is 11.4. The predicted molar refractivity (Wildman–Crippen MR) is 74.3 cm³/mol. The molecule has 2 rings (SSSR count). The van der Waals surface area contributed by atoms with Crippen LogP contribution in [0.5, 0.6) is 5.75 Å². The maximum atomic E-state index is 11.9. The smallest absolute Gasteiger partial charge is 0.408 e. The van der Waals surface area contributed by atoms with Crippen LogP contribution in [0.3, 0.4) is 0 Å². The Kier molecular flexibility index (Phi) is 5.63. The fourth-order valence-corrected chi connectivity index (χ4v) is 2.36. The Bertz CT molecular complexity index is 497. The lowest BCUT2D eigenvalue weighted by Crippen LogP contribution is -2.08. The first-order chi connectivity index (χ1) is 8.68. The molecule has 0 heterocycles. The molecule has 96 valence electrons. The molecule has 2 aromatic rings. The molecule has 1 unspecified atom stereocenters. The lowest BCUT2D eigenvalue weighted by molar-refractivity contribution is 0.393. The van der Waals surface area contributed by atoms with Crippen molar-refractivity contribution in [2.24, 2.45) is 0 Å². The van der Waals surface area contributed by atoms with Crippen molar-refractivity contribution in [3.8, 4) is 5.75 Å². The zero-order valence-electron chi connectivity index (χ0n) is 10.5. The third-order valence-corrected chi connectivity index (χ3v) is 3.46. The Hall–Kier alpha value is -1.57. The minimum absolute atomic E-state index is 0.291. The first-order valence-electron chi connectivity index (χ1n) is 5.81. The van der Waals surface area contributed by atoms with Crippen LogP contribution < -0.4 is 9.83 Å². The summed E-state index contributed by atoms with van der Waals surface area (Å²) in [6.45, 7) is 4.00. The summed E-state index contributed by atoms with van der Waals surface area (Å²) < 4.78 is 17.0. The van der Waals surface area contributed by atoms with Gasteiger partial charge in [0.25, 0.3) is 0 Å². The highest BCUT2D eigenvalue weighted by molar-refractivity contribution is 7.61. The van der Waals surface area contributed by atoms with Crippen molar-refractivity contribution in [2.45, 2.75) is 13.8 Å². The van der Waals surface area contributed by atoms with Gasteiger partial charge in [-0.2, -0.15) is 0 Å². The molecule has 4 heteroatoms. The molecule has 3 nitrogen and oxygen atoms in total. The quantitative estimate of drug-likeness (QED) is 0.861. The minimum atomic E-state index is -3.77. The molecule has 18 heavy (non-hydrogen) atoms. The van der Waals surface area contributed by atoms with E-state index in [0.29, 0.717) is 11.1 Å². The third-order valence-electron chi connectivity index (χ3n) is 2.05. The largest absolute Gasteiger partial charge is 0.421 e. The van der Waals surface area contributed by atoms with E-state index in [1.807, 2.05) is 19.9 Å². The van der Waals surface area contributed by atoms with Gasteiger partial charge >= 0.3 is 7.60 Å². The number of hydrogen-bond acceptors (Lipinski definition) is 2. The third kappa shape index (κ3) is 4.02. The summed E-state index contributed by atoms with van der Waals surface area (Å²) in [5, 5.41) is 0.291. The molecule has 1 N–H and O–H groups in total. The van der Waals surface area contributed by atoms with Gasteiger partial charge in [-0.05, 0) is 24.3 Å². The molecule has 0 saturated carbocycles. The summed E-state index contributed by atoms with van der Waals surface area (Å²) >= 11 is 0. The standard InChI is InChI=1S/C12H11O3P.C2H6/c13-16(14,12-9-5-2-6-10-12)15-11-7-3-1-4-8-11;1-2/h1-10H,(H,13,14);1-2H3. The van der Waals surface area contributed by atoms with Gasteiger partial charge in [0, 0.05) is 0 Å². The van der Waals surface area contributed by atoms with Gasteiger partial charge in [-0.1, -0.05) is 50.2 Å². The van der Waals surface area contributed by atoms with E-state index in [9.17, 15) is 9.46 Å². The Morgan fingerprint density at radius 3 is 1.83 bits per heavy atom. The van der Waals surface area contributed by atoms with Crippen molar-refractivity contribution < 1.29 is 14.0 Å². The fourth-order valence-electron chi connectivity index (χ4n) is 1.29. The Balaban J connectivity index is 0.000000771. The lowest BCUT2D eigenvalue weighted by atomic mass is 10.3. The van der Waals surface area contributed by atoms with Gasteiger partial charge in [-0.3, -0.25) is 0 Å². The summed E-state index contributed by atoms with van der Waals surface area (Å²) in [6, 6.07) is 16.9. The average Bonchev–Trinajstić information content (AvgIpc) is 2.43. The van der Waals surface area contributed by atoms with Gasteiger partial charge in [-0.25, -0.2) is 4.57 Å². The summed E-state index contributed by atoms with van der Waals surface area (Å²) in [5.74, 6) is 0.386. The summed E-state index contributed by atoms with van der Waals surface area (Å²) in [4.78, 5) is 9.77. The van der Waals surface area contributed by atoms with Crippen LogP contribution in [0.1, 0.15) is 13.8 Å². The van der Waals surface area contributed by atoms with E-state index in [-0.39, 0.29) is 0 Å². The summed E-state index contributed by atoms with van der Waals surface area (Å²) in [7, 11) is -3.77. The number of hydrogen-bond donors (Lipinski definition) is 1. The molecule has 2 aromatic carbocycles. The molecule has 0 bridgehead atoms. The van der Waals surface area contributed by atoms with Crippen LogP contribution in [0, 0.1) is 0 Å². The first kappa shape index (κ1) is 14.5. The van der Waals surface area contributed by atoms with E-state index < -0.39 is 7.60 Å². The fraction of sp³-hybridized carbons (Fsp3) is 0.143. The van der Waals surface area contributed by atoms with Crippen molar-refractivity contribution in [3.05, 3.63) is 60.7 Å². The van der Waals surface area contributed by atoms with Crippen LogP contribution in [-0.2, 0) is 4.57 Å². The van der Waals surface area contributed by atoms with Crippen LogP contribution in [0.15, 0.2) is 60.7 Å². The molecular weight excluding hydrogens is 247 g/mol. The molecule has 0 radical (unpaired) electrons. The lowest BCUT2D eigenvalue weighted by Gasteiger charge is -2.12. The van der Waals surface area contributed by atoms with E-state index in [2.05, 4.69) is 0 Å². The van der Waals surface area contributed by atoms with E-state index in [1.165, 1.54) is 0 Å². The van der Waals surface area contributed by atoms with Crippen LogP contribution in [-0.4, -0.2) is 4.89 Å². The van der Waals surface area contributed by atoms with Crippen molar-refractivity contribution in [1.82, 2.24) is 0 Å². The van der Waals surface area contributed by atoms with Crippen molar-refractivity contribution >= 4 is 12.9 Å². The SMILES string of the molecule is CC.O=P(O)(Oc1ccccc1)c1ccccc1. The number of para-hydroxylation sites is 1. The average molecular weight is 264 g/mol. The zero-order chi connectivity index (χ0) is 13.4. The maximum absolute atomic E-state index is 11.9. The second-order valence-corrected chi connectivity index (χ2v) is 5.00. The first-order valence-corrected chi connectivity index (χ1v) is 7.39. The number of rotatable bonds is 3. The molecule has 0 saturated heterocycles. The van der Waals surface area contributed by atoms with E-state index in [0.717, 1.165) is 0 Å². The van der Waals surface area contributed by atoms with Crippen LogP contribution in [0.4, 0.5) is 0 Å². The maximum Gasteiger partial charge on any atom is 0.408 e. The predicted octanol–water partition coefficient (Wildman–Crippen LogP) is 3.60. The van der Waals surface area contributed by atoms with Crippen molar-refractivity contribution in [1.29, 1.82) is 0 Å². The molecule has 0 aliphatic carbocycles. The highest BCUT2D eigenvalue weighted by atomic mass is 31.2. The molecule has 0 fully saturated rings. The van der Waals surface area contributed by atoms with E-state index >= 15 is 0 Å². The highest BCUT2D eigenvalue weighted by Gasteiger charge is 2.23. The van der Waals surface area contributed by atoms with Gasteiger partial charge in [0.1, 0.15) is 5.75 Å². The Labute approximate surface area is 108 Å². The number of benzene rings is 2. The van der Waals surface area contributed by atoms with Crippen LogP contribution >= 0.6 is 7.60 Å². The van der Waals surface area contributed by atoms with Gasteiger partial charge in [-0.15, -0.1) is 0 Å². The summed E-state index contributed by atoms with van der Waals surface area (Å²) in [5.41, 5.74) is 0. The molecule has 0 spiro atoms. The van der Waals surface area contributed by atoms with Gasteiger partial charge in [0.05, 0.1) is 5.30 Å². The van der Waals surface area contributed by atoms with Gasteiger partial charge in [0.2, 0.25) is 0 Å². The molecule has 0 aromatic heterocycles. The van der Waals surface area contributed by atoms with Gasteiger partial charge < -0.3 is 9.42 Å². The van der Waals surface area contributed by atoms with Crippen LogP contribution in [0.2, 0.25) is 0 Å². The highest BCUT2D eigenvalue weighted by Crippen LogP contribution is 2.41. The molecule has 0 aliphatic rings. The summed E-state index contributed by atoms with van der Waals surface area (Å²) in [6.07, 6.45) is 0. The van der Waals surface area contributed by atoms with Crippen LogP contribution in [0.25, 0.3) is 0 Å². The van der Waals surface area contributed by atoms with Crippen molar-refractivity contribution in [2.75, 3.05) is 0 Å². The molecule has 1 atom stereocenters. The Morgan fingerprint density at radius 1 is 0.889 bits per heavy atom. The molecular formula is C14H17O3P.